The van der Waals surface area contributed by atoms with E-state index in [1.165, 1.54) is 0 Å². The quantitative estimate of drug-likeness (QED) is 0.914. The van der Waals surface area contributed by atoms with Crippen LogP contribution in [0.15, 0.2) is 22.8 Å². The number of aromatic amines is 1. The standard InChI is InChI=1S/C10H11BrN2O/c1-2-5-14-10-7-6-12-13-9(7)4-3-8(10)11/h3-4,6H,2,5H2,1H3,(H,12,13). The molecule has 1 N–H and O–H groups in total. The number of H-pyrrole nitrogens is 1. The maximum absolute atomic E-state index is 5.65. The van der Waals surface area contributed by atoms with E-state index in [1.54, 1.807) is 6.20 Å². The topological polar surface area (TPSA) is 37.9 Å². The highest BCUT2D eigenvalue weighted by Gasteiger charge is 2.07. The Hall–Kier alpha value is -1.03. The maximum atomic E-state index is 5.65. The van der Waals surface area contributed by atoms with Crippen LogP contribution in [0.3, 0.4) is 0 Å². The highest BCUT2D eigenvalue weighted by atomic mass is 79.9. The van der Waals surface area contributed by atoms with E-state index in [9.17, 15) is 0 Å². The molecule has 4 heteroatoms. The smallest absolute Gasteiger partial charge is 0.144 e. The summed E-state index contributed by atoms with van der Waals surface area (Å²) in [7, 11) is 0. The van der Waals surface area contributed by atoms with Crippen molar-refractivity contribution in [2.75, 3.05) is 6.61 Å². The summed E-state index contributed by atoms with van der Waals surface area (Å²) in [6.45, 7) is 2.81. The van der Waals surface area contributed by atoms with Gasteiger partial charge >= 0.3 is 0 Å². The van der Waals surface area contributed by atoms with Gasteiger partial charge in [-0.3, -0.25) is 5.10 Å². The Morgan fingerprint density at radius 2 is 2.36 bits per heavy atom. The Balaban J connectivity index is 2.47. The number of ether oxygens (including phenoxy) is 1. The molecule has 0 bridgehead atoms. The van der Waals surface area contributed by atoms with Gasteiger partial charge in [0.25, 0.3) is 0 Å². The van der Waals surface area contributed by atoms with Crippen molar-refractivity contribution in [3.05, 3.63) is 22.8 Å². The Morgan fingerprint density at radius 1 is 1.50 bits per heavy atom. The van der Waals surface area contributed by atoms with Crippen LogP contribution in [-0.4, -0.2) is 16.8 Å². The average Bonchev–Trinajstić information content (AvgIpc) is 2.64. The van der Waals surface area contributed by atoms with E-state index in [4.69, 9.17) is 4.74 Å². The zero-order chi connectivity index (χ0) is 9.97. The zero-order valence-electron chi connectivity index (χ0n) is 7.88. The molecule has 74 valence electrons. The molecule has 2 rings (SSSR count). The van der Waals surface area contributed by atoms with E-state index in [-0.39, 0.29) is 0 Å². The second kappa shape index (κ2) is 4.00. The average molecular weight is 255 g/mol. The van der Waals surface area contributed by atoms with Gasteiger partial charge in [0, 0.05) is 0 Å². The Bertz CT molecular complexity index is 439. The number of aromatic nitrogens is 2. The zero-order valence-corrected chi connectivity index (χ0v) is 9.47. The molecule has 0 aliphatic heterocycles. The van der Waals surface area contributed by atoms with Crippen LogP contribution in [0.2, 0.25) is 0 Å². The summed E-state index contributed by atoms with van der Waals surface area (Å²) >= 11 is 3.47. The van der Waals surface area contributed by atoms with Crippen molar-refractivity contribution in [1.29, 1.82) is 0 Å². The monoisotopic (exact) mass is 254 g/mol. The second-order valence-corrected chi connectivity index (χ2v) is 3.91. The van der Waals surface area contributed by atoms with Crippen molar-refractivity contribution in [3.8, 4) is 5.75 Å². The summed E-state index contributed by atoms with van der Waals surface area (Å²) < 4.78 is 6.62. The molecule has 1 aromatic heterocycles. The lowest BCUT2D eigenvalue weighted by molar-refractivity contribution is 0.319. The predicted molar refractivity (Wildman–Crippen MR) is 59.6 cm³/mol. The van der Waals surface area contributed by atoms with Gasteiger partial charge in [0.15, 0.2) is 0 Å². The molecule has 0 radical (unpaired) electrons. The molecule has 0 saturated heterocycles. The van der Waals surface area contributed by atoms with E-state index < -0.39 is 0 Å². The summed E-state index contributed by atoms with van der Waals surface area (Å²) in [4.78, 5) is 0. The number of halogens is 1. The molecule has 0 aliphatic carbocycles. The van der Waals surface area contributed by atoms with Crippen molar-refractivity contribution < 1.29 is 4.74 Å². The molecule has 0 atom stereocenters. The van der Waals surface area contributed by atoms with Crippen molar-refractivity contribution >= 4 is 26.8 Å². The first-order valence-corrected chi connectivity index (χ1v) is 5.36. The van der Waals surface area contributed by atoms with E-state index in [0.717, 1.165) is 34.2 Å². The summed E-state index contributed by atoms with van der Waals surface area (Å²) in [5.41, 5.74) is 0.999. The first-order valence-electron chi connectivity index (χ1n) is 4.57. The minimum atomic E-state index is 0.725. The molecule has 0 saturated carbocycles. The third-order valence-corrected chi connectivity index (χ3v) is 2.60. The highest BCUT2D eigenvalue weighted by molar-refractivity contribution is 9.10. The van der Waals surface area contributed by atoms with Crippen molar-refractivity contribution in [3.63, 3.8) is 0 Å². The lowest BCUT2D eigenvalue weighted by Crippen LogP contribution is -1.95. The fourth-order valence-electron chi connectivity index (χ4n) is 1.32. The first-order chi connectivity index (χ1) is 6.83. The highest BCUT2D eigenvalue weighted by Crippen LogP contribution is 2.32. The summed E-state index contributed by atoms with van der Waals surface area (Å²) in [5, 5.41) is 7.92. The van der Waals surface area contributed by atoms with E-state index in [2.05, 4.69) is 33.1 Å². The van der Waals surface area contributed by atoms with Gasteiger partial charge in [-0.25, -0.2) is 0 Å². The Labute approximate surface area is 90.6 Å². The van der Waals surface area contributed by atoms with Crippen LogP contribution in [0.1, 0.15) is 13.3 Å². The van der Waals surface area contributed by atoms with E-state index >= 15 is 0 Å². The van der Waals surface area contributed by atoms with Crippen LogP contribution in [0, 0.1) is 0 Å². The number of hydrogen-bond acceptors (Lipinski definition) is 2. The van der Waals surface area contributed by atoms with Gasteiger partial charge in [-0.15, -0.1) is 0 Å². The molecular formula is C10H11BrN2O. The molecular weight excluding hydrogens is 244 g/mol. The van der Waals surface area contributed by atoms with Crippen molar-refractivity contribution in [2.24, 2.45) is 0 Å². The molecule has 3 nitrogen and oxygen atoms in total. The predicted octanol–water partition coefficient (Wildman–Crippen LogP) is 3.11. The molecule has 1 heterocycles. The van der Waals surface area contributed by atoms with Crippen LogP contribution >= 0.6 is 15.9 Å². The fourth-order valence-corrected chi connectivity index (χ4v) is 1.78. The van der Waals surface area contributed by atoms with Gasteiger partial charge in [0.05, 0.1) is 28.2 Å². The third-order valence-electron chi connectivity index (χ3n) is 1.98. The molecule has 0 spiro atoms. The van der Waals surface area contributed by atoms with E-state index in [0.29, 0.717) is 0 Å². The van der Waals surface area contributed by atoms with Crippen molar-refractivity contribution in [2.45, 2.75) is 13.3 Å². The van der Waals surface area contributed by atoms with Crippen LogP contribution < -0.4 is 4.74 Å². The summed E-state index contributed by atoms with van der Waals surface area (Å²) in [5.74, 6) is 0.873. The van der Waals surface area contributed by atoms with Gasteiger partial charge < -0.3 is 4.74 Å². The van der Waals surface area contributed by atoms with Gasteiger partial charge in [0.1, 0.15) is 5.75 Å². The fraction of sp³-hybridized carbons (Fsp3) is 0.300. The summed E-state index contributed by atoms with van der Waals surface area (Å²) in [6, 6.07) is 3.94. The van der Waals surface area contributed by atoms with Crippen molar-refractivity contribution in [1.82, 2.24) is 10.2 Å². The molecule has 2 aromatic rings. The number of nitrogens with zero attached hydrogens (tertiary/aromatic N) is 1. The lowest BCUT2D eigenvalue weighted by atomic mass is 10.2. The number of hydrogen-bond donors (Lipinski definition) is 1. The molecule has 0 unspecified atom stereocenters. The normalized spacial score (nSPS) is 10.7. The second-order valence-electron chi connectivity index (χ2n) is 3.06. The minimum Gasteiger partial charge on any atom is -0.492 e. The largest absolute Gasteiger partial charge is 0.492 e. The van der Waals surface area contributed by atoms with Crippen LogP contribution in [-0.2, 0) is 0 Å². The number of rotatable bonds is 3. The Morgan fingerprint density at radius 3 is 3.14 bits per heavy atom. The SMILES string of the molecule is CCCOc1c(Br)ccc2[nH]ncc12. The first kappa shape index (κ1) is 9.52. The van der Waals surface area contributed by atoms with Gasteiger partial charge in [-0.2, -0.15) is 5.10 Å². The number of fused-ring (bicyclic) bond motifs is 1. The van der Waals surface area contributed by atoms with Crippen LogP contribution in [0.5, 0.6) is 5.75 Å². The lowest BCUT2D eigenvalue weighted by Gasteiger charge is -2.07. The Kier molecular flexibility index (Phi) is 2.72. The molecule has 0 amide bonds. The number of benzene rings is 1. The van der Waals surface area contributed by atoms with Gasteiger partial charge in [-0.05, 0) is 34.5 Å². The molecule has 0 fully saturated rings. The molecule has 0 aliphatic rings. The van der Waals surface area contributed by atoms with Crippen LogP contribution in [0.25, 0.3) is 10.9 Å². The maximum Gasteiger partial charge on any atom is 0.144 e. The molecule has 14 heavy (non-hydrogen) atoms. The number of nitrogens with one attached hydrogen (secondary N) is 1. The van der Waals surface area contributed by atoms with Gasteiger partial charge in [-0.1, -0.05) is 6.92 Å². The van der Waals surface area contributed by atoms with E-state index in [1.807, 2.05) is 12.1 Å². The molecule has 1 aromatic carbocycles. The minimum absolute atomic E-state index is 0.725. The van der Waals surface area contributed by atoms with Gasteiger partial charge in [0.2, 0.25) is 0 Å². The third kappa shape index (κ3) is 1.62. The van der Waals surface area contributed by atoms with Crippen LogP contribution in [0.4, 0.5) is 0 Å². The summed E-state index contributed by atoms with van der Waals surface area (Å²) in [6.07, 6.45) is 2.78.